The molecule has 0 unspecified atom stereocenters. The van der Waals surface area contributed by atoms with Crippen molar-refractivity contribution in [1.29, 1.82) is 5.26 Å². The van der Waals surface area contributed by atoms with Crippen LogP contribution in [0.5, 0.6) is 5.75 Å². The number of likely N-dealkylation sites (tertiary alicyclic amines) is 1. The molecule has 2 aliphatic rings. The van der Waals surface area contributed by atoms with Crippen molar-refractivity contribution in [1.82, 2.24) is 14.8 Å². The molecule has 3 rings (SSSR count). The first-order valence-corrected chi connectivity index (χ1v) is 9.23. The smallest absolute Gasteiger partial charge is 0.410 e. The van der Waals surface area contributed by atoms with Crippen LogP contribution < -0.4 is 10.1 Å². The van der Waals surface area contributed by atoms with Crippen LogP contribution in [0.25, 0.3) is 0 Å². The fourth-order valence-electron chi connectivity index (χ4n) is 3.11. The van der Waals surface area contributed by atoms with E-state index in [1.54, 1.807) is 22.3 Å². The molecule has 0 aliphatic carbocycles. The first-order chi connectivity index (χ1) is 13.2. The maximum absolute atomic E-state index is 12.4. The van der Waals surface area contributed by atoms with Crippen LogP contribution >= 0.6 is 0 Å². The summed E-state index contributed by atoms with van der Waals surface area (Å²) >= 11 is 0. The van der Waals surface area contributed by atoms with Crippen LogP contribution in [0.15, 0.2) is 11.2 Å². The maximum atomic E-state index is 12.4. The van der Waals surface area contributed by atoms with Gasteiger partial charge in [0.2, 0.25) is 0 Å². The van der Waals surface area contributed by atoms with Gasteiger partial charge < -0.3 is 24.6 Å². The molecule has 0 spiro atoms. The van der Waals surface area contributed by atoms with Crippen LogP contribution in [-0.4, -0.2) is 72.1 Å². The summed E-state index contributed by atoms with van der Waals surface area (Å²) in [5, 5.41) is 12.9. The molecular weight excluding hydrogens is 360 g/mol. The Morgan fingerprint density at radius 2 is 2.29 bits per heavy atom. The normalized spacial score (nSPS) is 21.1. The van der Waals surface area contributed by atoms with E-state index >= 15 is 0 Å². The van der Waals surface area contributed by atoms with Gasteiger partial charge in [0, 0.05) is 33.6 Å². The number of nitrogens with zero attached hydrogens (tertiary/aromatic N) is 5. The van der Waals surface area contributed by atoms with Gasteiger partial charge in [-0.1, -0.05) is 0 Å². The molecule has 0 aromatic carbocycles. The first-order valence-electron chi connectivity index (χ1n) is 9.23. The number of carbonyl (C=O) groups excluding carboxylic acids is 1. The molecule has 1 saturated heterocycles. The number of aliphatic imine (C=N–C) groups is 1. The third kappa shape index (κ3) is 4.27. The monoisotopic (exact) mass is 386 g/mol. The Morgan fingerprint density at radius 1 is 1.54 bits per heavy atom. The highest BCUT2D eigenvalue weighted by Crippen LogP contribution is 2.39. The number of ether oxygens (including phenoxy) is 2. The second kappa shape index (κ2) is 7.54. The van der Waals surface area contributed by atoms with Gasteiger partial charge in [0.05, 0.1) is 18.6 Å². The molecule has 28 heavy (non-hydrogen) atoms. The number of pyridine rings is 1. The SMILES string of the molecule is CN(C)C=Nc1cnc2c(c1C#N)O[C@H]1CCN(C(=O)OC(C)(C)C)C[C@H]1N2. The fourth-order valence-corrected chi connectivity index (χ4v) is 3.11. The number of piperidine rings is 1. The number of nitrogens with one attached hydrogen (secondary N) is 1. The molecule has 150 valence electrons. The van der Waals surface area contributed by atoms with Gasteiger partial charge in [-0.2, -0.15) is 5.26 Å². The molecule has 1 aromatic rings. The highest BCUT2D eigenvalue weighted by molar-refractivity contribution is 5.73. The number of fused-ring (bicyclic) bond motifs is 2. The molecule has 9 heteroatoms. The van der Waals surface area contributed by atoms with Crippen molar-refractivity contribution in [3.05, 3.63) is 11.8 Å². The lowest BCUT2D eigenvalue weighted by Gasteiger charge is -2.42. The number of anilines is 1. The van der Waals surface area contributed by atoms with E-state index in [2.05, 4.69) is 21.4 Å². The van der Waals surface area contributed by atoms with E-state index in [1.807, 2.05) is 34.9 Å². The summed E-state index contributed by atoms with van der Waals surface area (Å²) in [5.41, 5.74) is 0.272. The molecule has 0 bridgehead atoms. The molecular formula is C19H26N6O3. The minimum Gasteiger partial charge on any atom is -0.483 e. The number of aromatic nitrogens is 1. The Balaban J connectivity index is 1.79. The lowest BCUT2D eigenvalue weighted by molar-refractivity contribution is 0.00866. The summed E-state index contributed by atoms with van der Waals surface area (Å²) in [5.74, 6) is 0.913. The quantitative estimate of drug-likeness (QED) is 0.615. The number of carbonyl (C=O) groups is 1. The maximum Gasteiger partial charge on any atom is 0.410 e. The average Bonchev–Trinajstić information content (AvgIpc) is 2.62. The van der Waals surface area contributed by atoms with Gasteiger partial charge in [-0.25, -0.2) is 14.8 Å². The zero-order valence-electron chi connectivity index (χ0n) is 16.9. The van der Waals surface area contributed by atoms with E-state index in [0.29, 0.717) is 42.3 Å². The molecule has 1 amide bonds. The van der Waals surface area contributed by atoms with Crippen LogP contribution in [-0.2, 0) is 4.74 Å². The van der Waals surface area contributed by atoms with Crippen molar-refractivity contribution in [2.24, 2.45) is 4.99 Å². The predicted molar refractivity (Wildman–Crippen MR) is 105 cm³/mol. The van der Waals surface area contributed by atoms with Crippen molar-refractivity contribution in [2.75, 3.05) is 32.5 Å². The number of hydrogen-bond donors (Lipinski definition) is 1. The molecule has 0 saturated carbocycles. The zero-order valence-corrected chi connectivity index (χ0v) is 16.9. The van der Waals surface area contributed by atoms with Gasteiger partial charge in [-0.15, -0.1) is 0 Å². The molecule has 9 nitrogen and oxygen atoms in total. The van der Waals surface area contributed by atoms with E-state index in [1.165, 1.54) is 0 Å². The van der Waals surface area contributed by atoms with Crippen molar-refractivity contribution in [3.63, 3.8) is 0 Å². The molecule has 2 atom stereocenters. The second-order valence-corrected chi connectivity index (χ2v) is 8.14. The van der Waals surface area contributed by atoms with Crippen LogP contribution in [0, 0.1) is 11.3 Å². The largest absolute Gasteiger partial charge is 0.483 e. The van der Waals surface area contributed by atoms with E-state index in [4.69, 9.17) is 9.47 Å². The number of nitriles is 1. The third-order valence-electron chi connectivity index (χ3n) is 4.35. The number of hydrogen-bond acceptors (Lipinski definition) is 7. The Hall–Kier alpha value is -3.02. The number of rotatable bonds is 2. The van der Waals surface area contributed by atoms with Crippen LogP contribution in [0.2, 0.25) is 0 Å². The van der Waals surface area contributed by atoms with Crippen molar-refractivity contribution >= 4 is 23.9 Å². The summed E-state index contributed by atoms with van der Waals surface area (Å²) in [7, 11) is 3.70. The minimum atomic E-state index is -0.538. The van der Waals surface area contributed by atoms with Gasteiger partial charge in [-0.05, 0) is 20.8 Å². The summed E-state index contributed by atoms with van der Waals surface area (Å²) in [4.78, 5) is 24.5. The lowest BCUT2D eigenvalue weighted by atomic mass is 10.00. The van der Waals surface area contributed by atoms with Crippen molar-refractivity contribution < 1.29 is 14.3 Å². The van der Waals surface area contributed by atoms with Gasteiger partial charge in [0.1, 0.15) is 29.0 Å². The van der Waals surface area contributed by atoms with Gasteiger partial charge in [-0.3, -0.25) is 0 Å². The second-order valence-electron chi connectivity index (χ2n) is 8.14. The highest BCUT2D eigenvalue weighted by Gasteiger charge is 2.39. The van der Waals surface area contributed by atoms with Crippen LogP contribution in [0.1, 0.15) is 32.8 Å². The van der Waals surface area contributed by atoms with Crippen molar-refractivity contribution in [2.45, 2.75) is 44.9 Å². The van der Waals surface area contributed by atoms with Crippen molar-refractivity contribution in [3.8, 4) is 11.8 Å². The van der Waals surface area contributed by atoms with Gasteiger partial charge in [0.15, 0.2) is 11.6 Å². The molecule has 0 radical (unpaired) electrons. The van der Waals surface area contributed by atoms with Crippen LogP contribution in [0.3, 0.4) is 0 Å². The molecule has 2 aliphatic heterocycles. The summed E-state index contributed by atoms with van der Waals surface area (Å²) < 4.78 is 11.6. The van der Waals surface area contributed by atoms with Gasteiger partial charge >= 0.3 is 6.09 Å². The predicted octanol–water partition coefficient (Wildman–Crippen LogP) is 2.36. The zero-order chi connectivity index (χ0) is 20.5. The Labute approximate surface area is 164 Å². The standard InChI is InChI=1S/C19H26N6O3/c1-19(2,3)28-18(26)25-7-6-15-14(10-25)23-17-16(27-15)12(8-20)13(9-21-17)22-11-24(4)5/h9,11,14-15H,6-7,10H2,1-5H3,(H,21,23)/t14-,15+/m1/s1. The first kappa shape index (κ1) is 19.7. The number of amides is 1. The summed E-state index contributed by atoms with van der Waals surface area (Å²) in [6, 6.07) is 2.05. The lowest BCUT2D eigenvalue weighted by Crippen LogP contribution is -2.56. The Kier molecular flexibility index (Phi) is 5.31. The molecule has 1 fully saturated rings. The van der Waals surface area contributed by atoms with E-state index in [9.17, 15) is 10.1 Å². The van der Waals surface area contributed by atoms with Gasteiger partial charge in [0.25, 0.3) is 0 Å². The molecule has 1 aromatic heterocycles. The highest BCUT2D eigenvalue weighted by atomic mass is 16.6. The molecule has 3 heterocycles. The Morgan fingerprint density at radius 3 is 2.93 bits per heavy atom. The minimum absolute atomic E-state index is 0.121. The fraction of sp³-hybridized carbons (Fsp3) is 0.579. The molecule has 1 N–H and O–H groups in total. The average molecular weight is 386 g/mol. The Bertz CT molecular complexity index is 824. The van der Waals surface area contributed by atoms with E-state index < -0.39 is 5.60 Å². The third-order valence-corrected chi connectivity index (χ3v) is 4.35. The van der Waals surface area contributed by atoms with E-state index in [0.717, 1.165) is 0 Å². The van der Waals surface area contributed by atoms with E-state index in [-0.39, 0.29) is 18.2 Å². The summed E-state index contributed by atoms with van der Waals surface area (Å²) in [6.07, 6.45) is 3.29. The topological polar surface area (TPSA) is 103 Å². The van der Waals surface area contributed by atoms with Crippen LogP contribution in [0.4, 0.5) is 16.3 Å². The summed E-state index contributed by atoms with van der Waals surface area (Å²) in [6.45, 7) is 6.52.